The summed E-state index contributed by atoms with van der Waals surface area (Å²) in [7, 11) is 0. The van der Waals surface area contributed by atoms with Crippen molar-refractivity contribution in [3.63, 3.8) is 0 Å². The predicted octanol–water partition coefficient (Wildman–Crippen LogP) is 11.8. The summed E-state index contributed by atoms with van der Waals surface area (Å²) < 4.78 is 10.5. The van der Waals surface area contributed by atoms with E-state index in [-0.39, 0.29) is 46.3 Å². The fourth-order valence-corrected chi connectivity index (χ4v) is 10.2. The standard InChI is InChI=1S/C23H44O4.2C11H18O2/c1-4-6-8-10-12-14-16-18-22(24)26-20-21(3)27-23(25)19-17-15-13-11-9-7-5-2;2*1-7-4-5-8-10(2,3)11(8,6-7)9(12)13/h21H,4-20H2,1-3H3;2*7-8H,4-6H2,1-3H3,(H,12,13). The second kappa shape index (κ2) is 21.8. The van der Waals surface area contributed by atoms with Crippen LogP contribution in [0.3, 0.4) is 0 Å². The maximum Gasteiger partial charge on any atom is 0.310 e. The smallest absolute Gasteiger partial charge is 0.310 e. The Bertz CT molecular complexity index is 1090. The Kier molecular flexibility index (Phi) is 19.4. The first-order valence-corrected chi connectivity index (χ1v) is 21.8. The van der Waals surface area contributed by atoms with E-state index in [9.17, 15) is 29.4 Å². The van der Waals surface area contributed by atoms with Crippen molar-refractivity contribution in [3.8, 4) is 0 Å². The van der Waals surface area contributed by atoms with Gasteiger partial charge in [0.25, 0.3) is 0 Å². The zero-order valence-electron chi connectivity index (χ0n) is 35.5. The number of ether oxygens (including phenoxy) is 2. The van der Waals surface area contributed by atoms with Crippen LogP contribution in [0.1, 0.15) is 204 Å². The van der Waals surface area contributed by atoms with Crippen molar-refractivity contribution in [1.29, 1.82) is 0 Å². The molecule has 0 aromatic rings. The van der Waals surface area contributed by atoms with Crippen LogP contribution < -0.4 is 0 Å². The van der Waals surface area contributed by atoms with Gasteiger partial charge in [-0.05, 0) is 80.0 Å². The van der Waals surface area contributed by atoms with E-state index >= 15 is 0 Å². The number of esters is 2. The number of unbranched alkanes of at least 4 members (excludes halogenated alkanes) is 12. The first-order chi connectivity index (χ1) is 24.9. The Morgan fingerprint density at radius 2 is 0.943 bits per heavy atom. The molecule has 4 aliphatic carbocycles. The van der Waals surface area contributed by atoms with Crippen LogP contribution in [0.5, 0.6) is 0 Å². The Morgan fingerprint density at radius 1 is 0.585 bits per heavy atom. The quantitative estimate of drug-likeness (QED) is 0.0877. The molecule has 0 heterocycles. The van der Waals surface area contributed by atoms with Gasteiger partial charge in [-0.2, -0.15) is 0 Å². The van der Waals surface area contributed by atoms with Gasteiger partial charge in [-0.15, -0.1) is 0 Å². The third-order valence-electron chi connectivity index (χ3n) is 13.8. The fraction of sp³-hybridized carbons (Fsp3) is 0.911. The highest BCUT2D eigenvalue weighted by Crippen LogP contribution is 2.76. The Balaban J connectivity index is 0.000000306. The van der Waals surface area contributed by atoms with E-state index in [0.717, 1.165) is 51.4 Å². The van der Waals surface area contributed by atoms with Crippen LogP contribution in [-0.2, 0) is 28.7 Å². The fourth-order valence-electron chi connectivity index (χ4n) is 10.2. The number of carboxylic acid groups (broad SMARTS) is 2. The van der Waals surface area contributed by atoms with Crippen LogP contribution in [0.15, 0.2) is 0 Å². The van der Waals surface area contributed by atoms with Crippen molar-refractivity contribution in [2.75, 3.05) is 6.61 Å². The molecule has 4 rings (SSSR count). The molecule has 4 saturated carbocycles. The monoisotopic (exact) mass is 749 g/mol. The molecule has 0 aromatic carbocycles. The largest absolute Gasteiger partial charge is 0.481 e. The third-order valence-corrected chi connectivity index (χ3v) is 13.8. The molecular formula is C45H80O8. The van der Waals surface area contributed by atoms with E-state index in [1.54, 1.807) is 6.92 Å². The lowest BCUT2D eigenvalue weighted by atomic mass is 9.80. The van der Waals surface area contributed by atoms with Crippen molar-refractivity contribution in [3.05, 3.63) is 0 Å². The summed E-state index contributed by atoms with van der Waals surface area (Å²) in [6.07, 6.45) is 23.5. The third kappa shape index (κ3) is 12.7. The summed E-state index contributed by atoms with van der Waals surface area (Å²) in [6.45, 7) is 19.2. The summed E-state index contributed by atoms with van der Waals surface area (Å²) in [4.78, 5) is 46.1. The van der Waals surface area contributed by atoms with Gasteiger partial charge < -0.3 is 19.7 Å². The molecule has 7 unspecified atom stereocenters. The molecule has 53 heavy (non-hydrogen) atoms. The minimum absolute atomic E-state index is 0.0452. The lowest BCUT2D eigenvalue weighted by molar-refractivity contribution is -0.158. The number of rotatable bonds is 21. The number of carbonyl (C=O) groups excluding carboxylic acids is 2. The molecule has 4 aliphatic rings. The Morgan fingerprint density at radius 3 is 1.30 bits per heavy atom. The maximum atomic E-state index is 11.8. The van der Waals surface area contributed by atoms with Gasteiger partial charge in [-0.25, -0.2) is 0 Å². The van der Waals surface area contributed by atoms with E-state index in [4.69, 9.17) is 9.47 Å². The zero-order chi connectivity index (χ0) is 39.9. The molecular weight excluding hydrogens is 668 g/mol. The van der Waals surface area contributed by atoms with Crippen molar-refractivity contribution in [2.45, 2.75) is 210 Å². The van der Waals surface area contributed by atoms with Gasteiger partial charge in [-0.3, -0.25) is 19.2 Å². The first-order valence-electron chi connectivity index (χ1n) is 21.8. The van der Waals surface area contributed by atoms with Crippen LogP contribution in [0.2, 0.25) is 0 Å². The summed E-state index contributed by atoms with van der Waals surface area (Å²) in [5, 5.41) is 18.6. The first kappa shape index (κ1) is 47.0. The van der Waals surface area contributed by atoms with E-state index in [1.807, 2.05) is 0 Å². The highest BCUT2D eigenvalue weighted by atomic mass is 16.6. The molecule has 7 atom stereocenters. The van der Waals surface area contributed by atoms with Crippen LogP contribution in [-0.4, -0.2) is 46.8 Å². The van der Waals surface area contributed by atoms with Crippen molar-refractivity contribution in [2.24, 2.45) is 45.3 Å². The second-order valence-electron chi connectivity index (χ2n) is 18.6. The van der Waals surface area contributed by atoms with E-state index < -0.39 is 11.9 Å². The van der Waals surface area contributed by atoms with Gasteiger partial charge in [0.1, 0.15) is 12.7 Å². The lowest BCUT2D eigenvalue weighted by Gasteiger charge is -2.23. The summed E-state index contributed by atoms with van der Waals surface area (Å²) in [5.41, 5.74) is -0.650. The highest BCUT2D eigenvalue weighted by Gasteiger charge is 2.77. The average Bonchev–Trinajstić information content (AvgIpc) is 3.82. The summed E-state index contributed by atoms with van der Waals surface area (Å²) in [6, 6.07) is 0. The molecule has 0 amide bonds. The molecule has 2 N–H and O–H groups in total. The Labute approximate surface area is 323 Å². The van der Waals surface area contributed by atoms with Crippen molar-refractivity contribution in [1.82, 2.24) is 0 Å². The van der Waals surface area contributed by atoms with Gasteiger partial charge in [0, 0.05) is 12.8 Å². The van der Waals surface area contributed by atoms with E-state index in [0.29, 0.717) is 36.5 Å². The van der Waals surface area contributed by atoms with Crippen LogP contribution in [0, 0.1) is 45.3 Å². The average molecular weight is 749 g/mol. The molecule has 0 aromatic heterocycles. The molecule has 4 fully saturated rings. The maximum absolute atomic E-state index is 11.8. The van der Waals surface area contributed by atoms with Crippen LogP contribution in [0.25, 0.3) is 0 Å². The minimum Gasteiger partial charge on any atom is -0.481 e. The van der Waals surface area contributed by atoms with Gasteiger partial charge in [0.15, 0.2) is 0 Å². The number of carboxylic acids is 2. The second-order valence-corrected chi connectivity index (χ2v) is 18.6. The van der Waals surface area contributed by atoms with Gasteiger partial charge in [0.2, 0.25) is 0 Å². The Hall–Kier alpha value is -2.12. The lowest BCUT2D eigenvalue weighted by Crippen LogP contribution is -2.26. The number of hydrogen-bond acceptors (Lipinski definition) is 6. The minimum atomic E-state index is -0.561. The van der Waals surface area contributed by atoms with Crippen molar-refractivity contribution < 1.29 is 38.9 Å². The number of fused-ring (bicyclic) bond motifs is 2. The molecule has 0 saturated heterocycles. The van der Waals surface area contributed by atoms with E-state index in [2.05, 4.69) is 55.4 Å². The topological polar surface area (TPSA) is 127 Å². The van der Waals surface area contributed by atoms with Gasteiger partial charge in [0.05, 0.1) is 10.8 Å². The summed E-state index contributed by atoms with van der Waals surface area (Å²) >= 11 is 0. The molecule has 308 valence electrons. The molecule has 8 nitrogen and oxygen atoms in total. The molecule has 8 heteroatoms. The highest BCUT2D eigenvalue weighted by molar-refractivity contribution is 5.81. The normalized spacial score (nSPS) is 29.0. The van der Waals surface area contributed by atoms with Crippen LogP contribution in [0.4, 0.5) is 0 Å². The van der Waals surface area contributed by atoms with Crippen LogP contribution >= 0.6 is 0 Å². The summed E-state index contributed by atoms with van der Waals surface area (Å²) in [5.74, 6) is 0.575. The zero-order valence-corrected chi connectivity index (χ0v) is 35.5. The predicted molar refractivity (Wildman–Crippen MR) is 212 cm³/mol. The number of carbonyl (C=O) groups is 4. The van der Waals surface area contributed by atoms with Gasteiger partial charge >= 0.3 is 23.9 Å². The molecule has 0 aliphatic heterocycles. The molecule has 0 radical (unpaired) electrons. The van der Waals surface area contributed by atoms with Crippen molar-refractivity contribution >= 4 is 23.9 Å². The number of hydrogen-bond donors (Lipinski definition) is 2. The SMILES string of the molecule is CC1CCC2C(C)(C)C2(C(=O)O)C1.CC1CCC2C(C)(C)C2(C(=O)O)C1.CCCCCCCCCC(=O)OCC(C)OC(=O)CCCCCCCCC. The van der Waals surface area contributed by atoms with E-state index in [1.165, 1.54) is 77.0 Å². The number of aliphatic carboxylic acids is 2. The van der Waals surface area contributed by atoms with Gasteiger partial charge in [-0.1, -0.05) is 145 Å². The molecule has 0 spiro atoms. The molecule has 0 bridgehead atoms.